The Labute approximate surface area is 126 Å². The number of halogens is 1. The zero-order valence-corrected chi connectivity index (χ0v) is 11.7. The molecule has 0 N–H and O–H groups in total. The molecule has 0 radical (unpaired) electrons. The molecule has 0 saturated carbocycles. The number of carbonyl (C=O) groups is 1. The van der Waals surface area contributed by atoms with Gasteiger partial charge in [-0.3, -0.25) is 4.79 Å². The molecule has 1 heterocycles. The molecule has 0 atom stereocenters. The highest BCUT2D eigenvalue weighted by Crippen LogP contribution is 2.32. The van der Waals surface area contributed by atoms with Crippen LogP contribution in [0, 0.1) is 5.82 Å². The standard InChI is InChI=1S/C19H12FNO/c20-16-11-13(12-22)9-10-19(16)21-17-7-3-1-5-14(17)15-6-2-4-8-18(15)21/h1-12H. The van der Waals surface area contributed by atoms with Gasteiger partial charge in [0.1, 0.15) is 12.1 Å². The van der Waals surface area contributed by atoms with Crippen molar-refractivity contribution in [2.75, 3.05) is 0 Å². The average molecular weight is 289 g/mol. The third-order valence-electron chi connectivity index (χ3n) is 3.93. The second-order valence-corrected chi connectivity index (χ2v) is 5.20. The number of para-hydroxylation sites is 2. The van der Waals surface area contributed by atoms with Gasteiger partial charge in [-0.05, 0) is 30.3 Å². The summed E-state index contributed by atoms with van der Waals surface area (Å²) in [5, 5.41) is 2.16. The molecule has 0 aliphatic carbocycles. The lowest BCUT2D eigenvalue weighted by Gasteiger charge is -2.09. The lowest BCUT2D eigenvalue weighted by Crippen LogP contribution is -1.98. The maximum absolute atomic E-state index is 14.5. The van der Waals surface area contributed by atoms with Crippen LogP contribution in [0.1, 0.15) is 10.4 Å². The van der Waals surface area contributed by atoms with Crippen LogP contribution in [0.2, 0.25) is 0 Å². The summed E-state index contributed by atoms with van der Waals surface area (Å²) in [5.74, 6) is -0.406. The Morgan fingerprint density at radius 1 is 0.818 bits per heavy atom. The van der Waals surface area contributed by atoms with Crippen LogP contribution in [0.5, 0.6) is 0 Å². The molecule has 0 aliphatic rings. The third kappa shape index (κ3) is 1.76. The Kier molecular flexibility index (Phi) is 2.79. The maximum Gasteiger partial charge on any atom is 0.150 e. The molecule has 3 heteroatoms. The monoisotopic (exact) mass is 289 g/mol. The molecule has 0 saturated heterocycles. The largest absolute Gasteiger partial charge is 0.306 e. The molecule has 1 aromatic heterocycles. The molecular weight excluding hydrogens is 277 g/mol. The van der Waals surface area contributed by atoms with E-state index in [0.29, 0.717) is 17.5 Å². The van der Waals surface area contributed by atoms with Gasteiger partial charge in [0, 0.05) is 16.3 Å². The molecule has 0 unspecified atom stereocenters. The lowest BCUT2D eigenvalue weighted by atomic mass is 10.2. The summed E-state index contributed by atoms with van der Waals surface area (Å²) in [6.45, 7) is 0. The number of hydrogen-bond acceptors (Lipinski definition) is 1. The van der Waals surface area contributed by atoms with E-state index in [1.165, 1.54) is 6.07 Å². The third-order valence-corrected chi connectivity index (χ3v) is 3.93. The molecule has 0 spiro atoms. The van der Waals surface area contributed by atoms with Crippen LogP contribution in [0.4, 0.5) is 4.39 Å². The lowest BCUT2D eigenvalue weighted by molar-refractivity contribution is 0.112. The van der Waals surface area contributed by atoms with Gasteiger partial charge in [-0.25, -0.2) is 4.39 Å². The van der Waals surface area contributed by atoms with Crippen LogP contribution in [-0.2, 0) is 0 Å². The number of nitrogens with zero attached hydrogens (tertiary/aromatic N) is 1. The minimum atomic E-state index is -0.406. The molecule has 2 nitrogen and oxygen atoms in total. The zero-order chi connectivity index (χ0) is 15.1. The molecular formula is C19H12FNO. The van der Waals surface area contributed by atoms with Crippen molar-refractivity contribution in [3.05, 3.63) is 78.1 Å². The van der Waals surface area contributed by atoms with Crippen molar-refractivity contribution < 1.29 is 9.18 Å². The SMILES string of the molecule is O=Cc1ccc(-n2c3ccccc3c3ccccc32)c(F)c1. The first-order chi connectivity index (χ1) is 10.8. The number of carbonyl (C=O) groups excluding carboxylic acids is 1. The van der Waals surface area contributed by atoms with E-state index in [9.17, 15) is 9.18 Å². The summed E-state index contributed by atoms with van der Waals surface area (Å²) < 4.78 is 16.4. The number of aldehydes is 1. The fourth-order valence-electron chi connectivity index (χ4n) is 2.96. The van der Waals surface area contributed by atoms with E-state index < -0.39 is 5.82 Å². The van der Waals surface area contributed by atoms with Gasteiger partial charge < -0.3 is 4.57 Å². The van der Waals surface area contributed by atoms with E-state index in [4.69, 9.17) is 0 Å². The van der Waals surface area contributed by atoms with Crippen molar-refractivity contribution >= 4 is 28.1 Å². The first-order valence-electron chi connectivity index (χ1n) is 7.03. The van der Waals surface area contributed by atoms with Gasteiger partial charge >= 0.3 is 0 Å². The molecule has 3 aromatic carbocycles. The number of aromatic nitrogens is 1. The van der Waals surface area contributed by atoms with E-state index >= 15 is 0 Å². The van der Waals surface area contributed by atoms with Crippen molar-refractivity contribution in [1.29, 1.82) is 0 Å². The highest BCUT2D eigenvalue weighted by Gasteiger charge is 2.14. The van der Waals surface area contributed by atoms with Crippen molar-refractivity contribution in [3.8, 4) is 5.69 Å². The van der Waals surface area contributed by atoms with E-state index in [1.54, 1.807) is 12.1 Å². The van der Waals surface area contributed by atoms with Gasteiger partial charge in [0.15, 0.2) is 0 Å². The summed E-state index contributed by atoms with van der Waals surface area (Å²) in [6.07, 6.45) is 0.652. The summed E-state index contributed by atoms with van der Waals surface area (Å²) in [6, 6.07) is 20.4. The Morgan fingerprint density at radius 2 is 1.41 bits per heavy atom. The predicted molar refractivity (Wildman–Crippen MR) is 86.1 cm³/mol. The quantitative estimate of drug-likeness (QED) is 0.489. The van der Waals surface area contributed by atoms with Gasteiger partial charge in [0.25, 0.3) is 0 Å². The second kappa shape index (κ2) is 4.81. The van der Waals surface area contributed by atoms with E-state index in [1.807, 2.05) is 53.1 Å². The topological polar surface area (TPSA) is 22.0 Å². The Morgan fingerprint density at radius 3 is 1.95 bits per heavy atom. The predicted octanol–water partition coefficient (Wildman–Crippen LogP) is 4.74. The van der Waals surface area contributed by atoms with E-state index in [-0.39, 0.29) is 0 Å². The molecule has 4 aromatic rings. The summed E-state index contributed by atoms with van der Waals surface area (Å²) in [4.78, 5) is 10.8. The minimum absolute atomic E-state index is 0.335. The number of fused-ring (bicyclic) bond motifs is 3. The number of benzene rings is 3. The molecule has 0 aliphatic heterocycles. The van der Waals surface area contributed by atoms with Crippen LogP contribution in [0.15, 0.2) is 66.7 Å². The van der Waals surface area contributed by atoms with Gasteiger partial charge in [0.05, 0.1) is 16.7 Å². The smallest absolute Gasteiger partial charge is 0.150 e. The van der Waals surface area contributed by atoms with E-state index in [2.05, 4.69) is 0 Å². The average Bonchev–Trinajstić information content (AvgIpc) is 2.89. The van der Waals surface area contributed by atoms with Crippen molar-refractivity contribution in [2.45, 2.75) is 0 Å². The first-order valence-corrected chi connectivity index (χ1v) is 7.03. The maximum atomic E-state index is 14.5. The van der Waals surface area contributed by atoms with Gasteiger partial charge in [-0.1, -0.05) is 36.4 Å². The molecule has 22 heavy (non-hydrogen) atoms. The van der Waals surface area contributed by atoms with Gasteiger partial charge in [-0.15, -0.1) is 0 Å². The fraction of sp³-hybridized carbons (Fsp3) is 0. The van der Waals surface area contributed by atoms with Crippen LogP contribution in [0.3, 0.4) is 0 Å². The molecule has 0 bridgehead atoms. The number of rotatable bonds is 2. The fourth-order valence-corrected chi connectivity index (χ4v) is 2.96. The Hall–Kier alpha value is -2.94. The summed E-state index contributed by atoms with van der Waals surface area (Å²) in [7, 11) is 0. The van der Waals surface area contributed by atoms with Crippen LogP contribution >= 0.6 is 0 Å². The normalized spacial score (nSPS) is 11.1. The molecule has 4 rings (SSSR count). The van der Waals surface area contributed by atoms with Gasteiger partial charge in [0.2, 0.25) is 0 Å². The van der Waals surface area contributed by atoms with Crippen molar-refractivity contribution in [2.24, 2.45) is 0 Å². The van der Waals surface area contributed by atoms with E-state index in [0.717, 1.165) is 21.8 Å². The number of hydrogen-bond donors (Lipinski definition) is 0. The van der Waals surface area contributed by atoms with Crippen LogP contribution in [-0.4, -0.2) is 10.9 Å². The molecule has 0 amide bonds. The Balaban J connectivity index is 2.15. The molecule has 0 fully saturated rings. The zero-order valence-electron chi connectivity index (χ0n) is 11.7. The molecule has 106 valence electrons. The minimum Gasteiger partial charge on any atom is -0.306 e. The highest BCUT2D eigenvalue weighted by atomic mass is 19.1. The van der Waals surface area contributed by atoms with Crippen LogP contribution in [0.25, 0.3) is 27.5 Å². The van der Waals surface area contributed by atoms with Crippen molar-refractivity contribution in [3.63, 3.8) is 0 Å². The van der Waals surface area contributed by atoms with Crippen molar-refractivity contribution in [1.82, 2.24) is 4.57 Å². The first kappa shape index (κ1) is 12.8. The van der Waals surface area contributed by atoms with Gasteiger partial charge in [-0.2, -0.15) is 0 Å². The summed E-state index contributed by atoms with van der Waals surface area (Å²) in [5.41, 5.74) is 2.67. The summed E-state index contributed by atoms with van der Waals surface area (Å²) >= 11 is 0. The van der Waals surface area contributed by atoms with Crippen LogP contribution < -0.4 is 0 Å². The second-order valence-electron chi connectivity index (χ2n) is 5.20. The Bertz CT molecular complexity index is 963. The highest BCUT2D eigenvalue weighted by molar-refractivity contribution is 6.09.